The van der Waals surface area contributed by atoms with E-state index in [-0.39, 0.29) is 39.7 Å². The summed E-state index contributed by atoms with van der Waals surface area (Å²) in [7, 11) is 0. The Morgan fingerprint density at radius 3 is 2.23 bits per heavy atom. The van der Waals surface area contributed by atoms with E-state index in [2.05, 4.69) is 67.2 Å². The van der Waals surface area contributed by atoms with Gasteiger partial charge in [0.25, 0.3) is 0 Å². The van der Waals surface area contributed by atoms with Crippen molar-refractivity contribution in [2.75, 3.05) is 0 Å². The summed E-state index contributed by atoms with van der Waals surface area (Å²) in [6.45, 7) is 21.0. The molecule has 1 N–H and O–H groups in total. The molecule has 0 radical (unpaired) electrons. The van der Waals surface area contributed by atoms with E-state index in [0.29, 0.717) is 23.7 Å². The lowest BCUT2D eigenvalue weighted by molar-refractivity contribution is -0.250. The zero-order chi connectivity index (χ0) is 31.9. The van der Waals surface area contributed by atoms with Gasteiger partial charge in [0.15, 0.2) is 0 Å². The quantitative estimate of drug-likeness (QED) is 0.208. The first kappa shape index (κ1) is 31.6. The van der Waals surface area contributed by atoms with Crippen molar-refractivity contribution >= 4 is 18.0 Å². The van der Waals surface area contributed by atoms with Gasteiger partial charge in [0.1, 0.15) is 6.10 Å². The average Bonchev–Trinajstić information content (AvgIpc) is 3.36. The molecule has 5 aliphatic carbocycles. The van der Waals surface area contributed by atoms with E-state index in [1.165, 1.54) is 24.0 Å². The Morgan fingerprint density at radius 1 is 0.864 bits per heavy atom. The summed E-state index contributed by atoms with van der Waals surface area (Å²) in [4.78, 5) is 26.0. The van der Waals surface area contributed by atoms with E-state index in [0.717, 1.165) is 56.9 Å². The fourth-order valence-electron chi connectivity index (χ4n) is 12.7. The summed E-state index contributed by atoms with van der Waals surface area (Å²) in [5.41, 5.74) is 3.19. The van der Waals surface area contributed by atoms with Gasteiger partial charge in [-0.25, -0.2) is 4.79 Å². The van der Waals surface area contributed by atoms with Gasteiger partial charge in [-0.15, -0.1) is 0 Å². The Kier molecular flexibility index (Phi) is 7.61. The largest absolute Gasteiger partial charge is 0.481 e. The van der Waals surface area contributed by atoms with Crippen LogP contribution in [0, 0.1) is 63.6 Å². The third kappa shape index (κ3) is 4.43. The van der Waals surface area contributed by atoms with Crippen LogP contribution in [0.2, 0.25) is 0 Å². The topological polar surface area (TPSA) is 63.6 Å². The molecule has 240 valence electrons. The standard InChI is InChI=1S/C40H56O4/c1-25(2)28-17-22-40(35(42)43)24-23-38(7)29(34(28)40)14-15-31-37(6)20-19-32(36(4,5)30(37)18-21-39(31,38)8)44-33(41)16-13-27-11-9-26(3)10-12-27/h9-13,16,28-32,34H,1,14-15,17-24H2,2-8H3,(H,42,43)/b16-13+/t28-,29+,30-,31+,32-,34+,37-,38+,39+,40-/m0/s1. The molecule has 5 fully saturated rings. The van der Waals surface area contributed by atoms with Crippen LogP contribution >= 0.6 is 0 Å². The van der Waals surface area contributed by atoms with Crippen LogP contribution in [0.4, 0.5) is 0 Å². The number of benzene rings is 1. The van der Waals surface area contributed by atoms with Crippen molar-refractivity contribution < 1.29 is 19.4 Å². The highest BCUT2D eigenvalue weighted by molar-refractivity contribution is 5.87. The van der Waals surface area contributed by atoms with Crippen molar-refractivity contribution in [3.63, 3.8) is 0 Å². The van der Waals surface area contributed by atoms with Crippen LogP contribution in [0.3, 0.4) is 0 Å². The Bertz CT molecular complexity index is 1360. The van der Waals surface area contributed by atoms with Crippen LogP contribution in [-0.4, -0.2) is 23.1 Å². The number of aliphatic carboxylic acids is 1. The Labute approximate surface area is 266 Å². The number of esters is 1. The molecule has 1 aromatic carbocycles. The number of rotatable bonds is 5. The van der Waals surface area contributed by atoms with Crippen LogP contribution in [-0.2, 0) is 14.3 Å². The Balaban J connectivity index is 1.24. The van der Waals surface area contributed by atoms with Gasteiger partial charge in [-0.3, -0.25) is 4.79 Å². The lowest BCUT2D eigenvalue weighted by atomic mass is 9.32. The first-order valence-corrected chi connectivity index (χ1v) is 17.4. The second-order valence-electron chi connectivity index (χ2n) is 17.2. The number of carboxylic acids is 1. The molecule has 0 bridgehead atoms. The van der Waals surface area contributed by atoms with Crippen LogP contribution in [0.5, 0.6) is 0 Å². The van der Waals surface area contributed by atoms with Crippen LogP contribution in [0.25, 0.3) is 6.08 Å². The van der Waals surface area contributed by atoms with Gasteiger partial charge in [0.2, 0.25) is 0 Å². The summed E-state index contributed by atoms with van der Waals surface area (Å²) in [5.74, 6) is 1.24. The number of carbonyl (C=O) groups is 2. The minimum atomic E-state index is -0.573. The third-order valence-electron chi connectivity index (χ3n) is 15.2. The number of fused-ring (bicyclic) bond motifs is 7. The van der Waals surface area contributed by atoms with Crippen LogP contribution < -0.4 is 0 Å². The molecule has 0 heterocycles. The molecule has 0 spiro atoms. The molecule has 0 amide bonds. The van der Waals surface area contributed by atoms with Gasteiger partial charge >= 0.3 is 11.9 Å². The maximum absolute atomic E-state index is 13.0. The Hall–Kier alpha value is -2.36. The van der Waals surface area contributed by atoms with Crippen LogP contribution in [0.15, 0.2) is 42.5 Å². The molecule has 44 heavy (non-hydrogen) atoms. The van der Waals surface area contributed by atoms with Gasteiger partial charge in [-0.1, -0.05) is 76.6 Å². The first-order valence-electron chi connectivity index (χ1n) is 17.4. The number of carbonyl (C=O) groups excluding carboxylic acids is 1. The highest BCUT2D eigenvalue weighted by Gasteiger charge is 2.72. The molecule has 4 nitrogen and oxygen atoms in total. The summed E-state index contributed by atoms with van der Waals surface area (Å²) in [5, 5.41) is 10.6. The molecule has 5 saturated carbocycles. The zero-order valence-electron chi connectivity index (χ0n) is 28.4. The molecule has 0 aromatic heterocycles. The van der Waals surface area contributed by atoms with Crippen LogP contribution in [0.1, 0.15) is 117 Å². The highest BCUT2D eigenvalue weighted by atomic mass is 16.5. The van der Waals surface area contributed by atoms with Crippen molar-refractivity contribution in [2.45, 2.75) is 119 Å². The summed E-state index contributed by atoms with van der Waals surface area (Å²) in [6.07, 6.45) is 13.6. The lowest BCUT2D eigenvalue weighted by Crippen LogP contribution is -2.67. The molecular weight excluding hydrogens is 544 g/mol. The molecular formula is C40H56O4. The number of carboxylic acid groups (broad SMARTS) is 1. The van der Waals surface area contributed by atoms with Gasteiger partial charge in [0, 0.05) is 11.5 Å². The highest BCUT2D eigenvalue weighted by Crippen LogP contribution is 2.77. The van der Waals surface area contributed by atoms with E-state index in [9.17, 15) is 14.7 Å². The Morgan fingerprint density at radius 2 is 1.57 bits per heavy atom. The summed E-state index contributed by atoms with van der Waals surface area (Å²) in [6, 6.07) is 8.18. The van der Waals surface area contributed by atoms with E-state index < -0.39 is 11.4 Å². The molecule has 4 heteroatoms. The van der Waals surface area contributed by atoms with Crippen molar-refractivity contribution in [3.05, 3.63) is 53.6 Å². The fraction of sp³-hybridized carbons (Fsp3) is 0.700. The maximum Gasteiger partial charge on any atom is 0.331 e. The van der Waals surface area contributed by atoms with Gasteiger partial charge < -0.3 is 9.84 Å². The number of aryl methyl sites for hydroxylation is 1. The maximum atomic E-state index is 13.0. The average molecular weight is 601 g/mol. The molecule has 5 aliphatic rings. The van der Waals surface area contributed by atoms with E-state index in [1.807, 2.05) is 18.2 Å². The molecule has 0 unspecified atom stereocenters. The van der Waals surface area contributed by atoms with E-state index >= 15 is 0 Å². The number of hydrogen-bond acceptors (Lipinski definition) is 3. The monoisotopic (exact) mass is 600 g/mol. The minimum absolute atomic E-state index is 0.0901. The molecule has 10 atom stereocenters. The molecule has 6 rings (SSSR count). The molecule has 0 saturated heterocycles. The normalized spacial score (nSPS) is 44.2. The number of allylic oxidation sites excluding steroid dienone is 1. The predicted octanol–water partition coefficient (Wildman–Crippen LogP) is 9.66. The zero-order valence-corrected chi connectivity index (χ0v) is 28.4. The molecule has 1 aromatic rings. The first-order chi connectivity index (χ1) is 20.6. The van der Waals surface area contributed by atoms with Crippen molar-refractivity contribution in [1.29, 1.82) is 0 Å². The van der Waals surface area contributed by atoms with E-state index in [1.54, 1.807) is 6.08 Å². The van der Waals surface area contributed by atoms with Crippen molar-refractivity contribution in [1.82, 2.24) is 0 Å². The third-order valence-corrected chi connectivity index (χ3v) is 15.2. The second kappa shape index (κ2) is 10.6. The smallest absolute Gasteiger partial charge is 0.331 e. The summed E-state index contributed by atoms with van der Waals surface area (Å²) < 4.78 is 6.24. The predicted molar refractivity (Wildman–Crippen MR) is 177 cm³/mol. The number of ether oxygens (including phenoxy) is 1. The van der Waals surface area contributed by atoms with Gasteiger partial charge in [0.05, 0.1) is 5.41 Å². The SMILES string of the molecule is C=C(C)[C@@H]1CC[C@]2(C(=O)O)CC[C@]3(C)[C@H](CC[C@@H]4[C@@]5(C)CC[C@H](OC(=O)/C=C/c6ccc(C)cc6)C(C)(C)[C@@H]5CC[C@]43C)[C@@H]12. The van der Waals surface area contributed by atoms with E-state index in [4.69, 9.17) is 4.74 Å². The lowest BCUT2D eigenvalue weighted by Gasteiger charge is -2.72. The van der Waals surface area contributed by atoms with Crippen molar-refractivity contribution in [2.24, 2.45) is 56.7 Å². The van der Waals surface area contributed by atoms with Crippen molar-refractivity contribution in [3.8, 4) is 0 Å². The van der Waals surface area contributed by atoms with Gasteiger partial charge in [-0.2, -0.15) is 0 Å². The minimum Gasteiger partial charge on any atom is -0.481 e. The molecule has 0 aliphatic heterocycles. The second-order valence-corrected chi connectivity index (χ2v) is 17.2. The van der Waals surface area contributed by atoms with Gasteiger partial charge in [-0.05, 0) is 136 Å². The fourth-order valence-corrected chi connectivity index (χ4v) is 12.7. The summed E-state index contributed by atoms with van der Waals surface area (Å²) >= 11 is 0. The number of hydrogen-bond donors (Lipinski definition) is 1.